The maximum absolute atomic E-state index is 12.4. The molecule has 0 amide bonds. The lowest BCUT2D eigenvalue weighted by Gasteiger charge is -2.22. The number of aromatic nitrogens is 1. The minimum atomic E-state index is 0.0681. The molecule has 0 bridgehead atoms. The number of benzene rings is 2. The maximum Gasteiger partial charge on any atom is 0.149 e. The van der Waals surface area contributed by atoms with Crippen LogP contribution in [0, 0.1) is 6.92 Å². The number of unbranched alkanes of at least 4 members (excludes halogenated alkanes) is 2. The second-order valence-corrected chi connectivity index (χ2v) is 8.65. The number of hydrogen-bond donors (Lipinski definition) is 3. The maximum atomic E-state index is 12.4. The zero-order valence-corrected chi connectivity index (χ0v) is 18.2. The molecular formula is C26H32N2O3. The number of nitrogens with zero attached hydrogens (tertiary/aromatic N) is 1. The fourth-order valence-corrected chi connectivity index (χ4v) is 4.78. The molecule has 0 aliphatic carbocycles. The molecule has 1 saturated heterocycles. The molecule has 1 aliphatic heterocycles. The highest BCUT2D eigenvalue weighted by Crippen LogP contribution is 2.36. The van der Waals surface area contributed by atoms with E-state index < -0.39 is 0 Å². The van der Waals surface area contributed by atoms with Gasteiger partial charge in [0.05, 0.1) is 11.7 Å². The van der Waals surface area contributed by atoms with Gasteiger partial charge in [-0.2, -0.15) is 0 Å². The molecule has 2 aromatic carbocycles. The van der Waals surface area contributed by atoms with Crippen molar-refractivity contribution in [1.29, 1.82) is 0 Å². The van der Waals surface area contributed by atoms with Gasteiger partial charge in [0.2, 0.25) is 0 Å². The summed E-state index contributed by atoms with van der Waals surface area (Å²) in [6.45, 7) is 3.89. The van der Waals surface area contributed by atoms with Gasteiger partial charge in [0.1, 0.15) is 17.3 Å². The summed E-state index contributed by atoms with van der Waals surface area (Å²) < 4.78 is 2.31. The van der Waals surface area contributed by atoms with Crippen LogP contribution in [0.4, 0.5) is 0 Å². The highest BCUT2D eigenvalue weighted by atomic mass is 16.3. The van der Waals surface area contributed by atoms with Crippen LogP contribution in [0.2, 0.25) is 0 Å². The molecule has 5 nitrogen and oxygen atoms in total. The number of nitrogens with one attached hydrogen (secondary N) is 1. The Morgan fingerprint density at radius 3 is 2.55 bits per heavy atom. The van der Waals surface area contributed by atoms with E-state index in [1.165, 1.54) is 6.42 Å². The predicted octanol–water partition coefficient (Wildman–Crippen LogP) is 5.30. The summed E-state index contributed by atoms with van der Waals surface area (Å²) in [6, 6.07) is 12.9. The van der Waals surface area contributed by atoms with Gasteiger partial charge < -0.3 is 20.1 Å². The number of hydrogen-bond acceptors (Lipinski definition) is 4. The van der Waals surface area contributed by atoms with Gasteiger partial charge in [-0.25, -0.2) is 0 Å². The molecule has 1 atom stereocenters. The lowest BCUT2D eigenvalue weighted by atomic mass is 9.97. The molecule has 1 unspecified atom stereocenters. The minimum absolute atomic E-state index is 0.0681. The molecular weight excluding hydrogens is 388 g/mol. The van der Waals surface area contributed by atoms with Crippen molar-refractivity contribution in [3.63, 3.8) is 0 Å². The molecule has 31 heavy (non-hydrogen) atoms. The summed E-state index contributed by atoms with van der Waals surface area (Å²) in [5, 5.41) is 24.1. The van der Waals surface area contributed by atoms with Crippen LogP contribution < -0.4 is 5.32 Å². The van der Waals surface area contributed by atoms with Gasteiger partial charge >= 0.3 is 0 Å². The Labute approximate surface area is 183 Å². The molecule has 5 heteroatoms. The molecule has 0 spiro atoms. The number of piperidine rings is 1. The van der Waals surface area contributed by atoms with Crippen molar-refractivity contribution in [3.8, 4) is 22.8 Å². The monoisotopic (exact) mass is 420 g/mol. The van der Waals surface area contributed by atoms with Crippen LogP contribution in [0.5, 0.6) is 11.5 Å². The number of fused-ring (bicyclic) bond motifs is 1. The van der Waals surface area contributed by atoms with Crippen LogP contribution in [-0.2, 0) is 11.3 Å². The van der Waals surface area contributed by atoms with E-state index in [2.05, 4.69) is 16.8 Å². The number of phenolic OH excluding ortho intramolecular Hbond substituents is 2. The summed E-state index contributed by atoms with van der Waals surface area (Å²) in [4.78, 5) is 12.4. The summed E-state index contributed by atoms with van der Waals surface area (Å²) in [6.07, 6.45) is 6.88. The van der Waals surface area contributed by atoms with Crippen LogP contribution in [-0.4, -0.2) is 33.1 Å². The van der Waals surface area contributed by atoms with Crippen molar-refractivity contribution in [2.75, 3.05) is 6.54 Å². The van der Waals surface area contributed by atoms with Crippen molar-refractivity contribution in [1.82, 2.24) is 9.88 Å². The molecule has 0 saturated carbocycles. The zero-order chi connectivity index (χ0) is 21.8. The van der Waals surface area contributed by atoms with E-state index in [1.807, 2.05) is 24.3 Å². The Hall–Kier alpha value is -2.79. The highest BCUT2D eigenvalue weighted by molar-refractivity contribution is 5.92. The Balaban J connectivity index is 1.47. The minimum Gasteiger partial charge on any atom is -0.508 e. The third-order valence-electron chi connectivity index (χ3n) is 6.44. The van der Waals surface area contributed by atoms with Gasteiger partial charge in [-0.05, 0) is 92.7 Å². The van der Waals surface area contributed by atoms with Crippen molar-refractivity contribution in [2.45, 2.75) is 64.5 Å². The average molecular weight is 421 g/mol. The lowest BCUT2D eigenvalue weighted by Crippen LogP contribution is -2.40. The number of phenols is 2. The SMILES string of the molecule is Cc1c(-c2ccc(O)cc2)n(CCCCCC(=O)C2CCCCN2)c2ccc(O)cc12. The van der Waals surface area contributed by atoms with Crippen molar-refractivity contribution >= 4 is 16.7 Å². The molecule has 3 N–H and O–H groups in total. The quantitative estimate of drug-likeness (QED) is 0.432. The normalized spacial score (nSPS) is 16.6. The standard InChI is InChI=1S/C26H32N2O3/c1-18-22-17-21(30)13-14-24(22)28(26(18)19-9-11-20(29)12-10-19)16-6-2-3-8-25(31)23-7-4-5-15-27-23/h9-14,17,23,27,29-30H,2-8,15-16H2,1H3. The smallest absolute Gasteiger partial charge is 0.149 e. The van der Waals surface area contributed by atoms with Gasteiger partial charge in [0, 0.05) is 23.9 Å². The molecule has 164 valence electrons. The lowest BCUT2D eigenvalue weighted by molar-refractivity contribution is -0.121. The van der Waals surface area contributed by atoms with E-state index in [1.54, 1.807) is 18.2 Å². The molecule has 1 aliphatic rings. The van der Waals surface area contributed by atoms with E-state index in [4.69, 9.17) is 0 Å². The Kier molecular flexibility index (Phi) is 6.62. The number of aromatic hydroxyl groups is 2. The molecule has 4 rings (SSSR count). The van der Waals surface area contributed by atoms with Crippen molar-refractivity contribution < 1.29 is 15.0 Å². The first kappa shape index (κ1) is 21.4. The van der Waals surface area contributed by atoms with E-state index in [9.17, 15) is 15.0 Å². The van der Waals surface area contributed by atoms with Crippen LogP contribution in [0.1, 0.15) is 50.5 Å². The fraction of sp³-hybridized carbons (Fsp3) is 0.423. The third kappa shape index (κ3) is 4.77. The predicted molar refractivity (Wildman–Crippen MR) is 125 cm³/mol. The first-order valence-corrected chi connectivity index (χ1v) is 11.4. The molecule has 3 aromatic rings. The number of Topliss-reactive ketones (excluding diaryl/α,β-unsaturated/α-hetero) is 1. The van der Waals surface area contributed by atoms with Gasteiger partial charge in [-0.3, -0.25) is 4.79 Å². The molecule has 0 radical (unpaired) electrons. The zero-order valence-electron chi connectivity index (χ0n) is 18.2. The van der Waals surface area contributed by atoms with Gasteiger partial charge in [-0.15, -0.1) is 0 Å². The third-order valence-corrected chi connectivity index (χ3v) is 6.44. The number of rotatable bonds is 8. The number of aryl methyl sites for hydroxylation is 2. The fourth-order valence-electron chi connectivity index (χ4n) is 4.78. The Morgan fingerprint density at radius 2 is 1.81 bits per heavy atom. The second-order valence-electron chi connectivity index (χ2n) is 8.65. The number of carbonyl (C=O) groups is 1. The van der Waals surface area contributed by atoms with Crippen molar-refractivity contribution in [3.05, 3.63) is 48.0 Å². The first-order valence-electron chi connectivity index (χ1n) is 11.4. The summed E-state index contributed by atoms with van der Waals surface area (Å²) in [5.41, 5.74) is 4.38. The second kappa shape index (κ2) is 9.56. The van der Waals surface area contributed by atoms with Crippen LogP contribution >= 0.6 is 0 Å². The van der Waals surface area contributed by atoms with E-state index in [0.717, 1.165) is 72.9 Å². The average Bonchev–Trinajstić information content (AvgIpc) is 3.05. The first-order chi connectivity index (χ1) is 15.0. The Morgan fingerprint density at radius 1 is 1.03 bits per heavy atom. The Bertz CT molecular complexity index is 1050. The number of carbonyl (C=O) groups excluding carboxylic acids is 1. The van der Waals surface area contributed by atoms with E-state index >= 15 is 0 Å². The largest absolute Gasteiger partial charge is 0.508 e. The molecule has 1 fully saturated rings. The topological polar surface area (TPSA) is 74.5 Å². The van der Waals surface area contributed by atoms with E-state index in [-0.39, 0.29) is 17.5 Å². The summed E-state index contributed by atoms with van der Waals surface area (Å²) >= 11 is 0. The van der Waals surface area contributed by atoms with Crippen LogP contribution in [0.3, 0.4) is 0 Å². The summed E-state index contributed by atoms with van der Waals surface area (Å²) in [5.74, 6) is 0.876. The van der Waals surface area contributed by atoms with Gasteiger partial charge in [-0.1, -0.05) is 12.8 Å². The number of ketones is 1. The molecule has 2 heterocycles. The van der Waals surface area contributed by atoms with Crippen molar-refractivity contribution in [2.24, 2.45) is 0 Å². The van der Waals surface area contributed by atoms with Gasteiger partial charge in [0.15, 0.2) is 0 Å². The van der Waals surface area contributed by atoms with Crippen LogP contribution in [0.15, 0.2) is 42.5 Å². The van der Waals surface area contributed by atoms with E-state index in [0.29, 0.717) is 12.2 Å². The van der Waals surface area contributed by atoms with Gasteiger partial charge in [0.25, 0.3) is 0 Å². The van der Waals surface area contributed by atoms with Crippen LogP contribution in [0.25, 0.3) is 22.2 Å². The highest BCUT2D eigenvalue weighted by Gasteiger charge is 2.20. The molecule has 1 aromatic heterocycles. The summed E-state index contributed by atoms with van der Waals surface area (Å²) in [7, 11) is 0.